The molecule has 0 radical (unpaired) electrons. The molecule has 0 amide bonds. The minimum atomic E-state index is -0.518. The first-order valence-electron chi connectivity index (χ1n) is 7.44. The summed E-state index contributed by atoms with van der Waals surface area (Å²) < 4.78 is 0. The summed E-state index contributed by atoms with van der Waals surface area (Å²) in [6.07, 6.45) is 1.36. The number of pyridine rings is 1. The summed E-state index contributed by atoms with van der Waals surface area (Å²) >= 11 is 0. The van der Waals surface area contributed by atoms with Gasteiger partial charge in [0, 0.05) is 29.0 Å². The fourth-order valence-electron chi connectivity index (χ4n) is 3.17. The van der Waals surface area contributed by atoms with E-state index in [2.05, 4.69) is 4.98 Å². The average molecular weight is 327 g/mol. The van der Waals surface area contributed by atoms with Crippen LogP contribution < -0.4 is 0 Å². The molecule has 4 rings (SSSR count). The molecule has 1 aromatic heterocycles. The molecule has 0 N–H and O–H groups in total. The molecule has 3 aromatic rings. The third kappa shape index (κ3) is 2.03. The van der Waals surface area contributed by atoms with E-state index in [1.807, 2.05) is 6.07 Å². The molecule has 0 aliphatic heterocycles. The second kappa shape index (κ2) is 5.35. The molecule has 2 aromatic carbocycles. The van der Waals surface area contributed by atoms with Gasteiger partial charge in [-0.15, -0.1) is 0 Å². The van der Waals surface area contributed by atoms with Crippen LogP contribution in [0.15, 0.2) is 54.7 Å². The van der Waals surface area contributed by atoms with Crippen LogP contribution in [0.5, 0.6) is 0 Å². The number of ketones is 1. The normalized spacial score (nSPS) is 11.6. The van der Waals surface area contributed by atoms with Crippen molar-refractivity contribution in [1.82, 2.24) is 4.98 Å². The number of nitro benzene ring substituents is 1. The van der Waals surface area contributed by atoms with Crippen molar-refractivity contribution in [2.24, 2.45) is 0 Å². The molecule has 0 bridgehead atoms. The third-order valence-corrected chi connectivity index (χ3v) is 4.22. The second-order valence-corrected chi connectivity index (χ2v) is 5.53. The van der Waals surface area contributed by atoms with E-state index < -0.39 is 4.92 Å². The van der Waals surface area contributed by atoms with Crippen LogP contribution in [-0.4, -0.2) is 15.7 Å². The lowest BCUT2D eigenvalue weighted by molar-refractivity contribution is -0.384. The number of nitrogens with zero attached hydrogens (tertiary/aromatic N) is 3. The molecular formula is C19H9N3O3. The predicted octanol–water partition coefficient (Wildman–Crippen LogP) is 3.74. The summed E-state index contributed by atoms with van der Waals surface area (Å²) in [4.78, 5) is 28.1. The number of para-hydroxylation sites is 1. The second-order valence-electron chi connectivity index (χ2n) is 5.53. The highest BCUT2D eigenvalue weighted by molar-refractivity contribution is 6.24. The zero-order valence-corrected chi connectivity index (χ0v) is 12.8. The number of benzene rings is 2. The Hall–Kier alpha value is -3.85. The van der Waals surface area contributed by atoms with E-state index >= 15 is 0 Å². The summed E-state index contributed by atoms with van der Waals surface area (Å²) in [5.74, 6) is -0.275. The van der Waals surface area contributed by atoms with E-state index in [1.54, 1.807) is 42.5 Å². The van der Waals surface area contributed by atoms with Crippen LogP contribution in [-0.2, 0) is 0 Å². The van der Waals surface area contributed by atoms with Crippen molar-refractivity contribution in [3.8, 4) is 28.5 Å². The number of fused-ring (bicyclic) bond motifs is 3. The Kier molecular flexibility index (Phi) is 3.15. The molecular weight excluding hydrogens is 318 g/mol. The van der Waals surface area contributed by atoms with Gasteiger partial charge in [-0.2, -0.15) is 5.26 Å². The van der Waals surface area contributed by atoms with Crippen LogP contribution in [0.3, 0.4) is 0 Å². The van der Waals surface area contributed by atoms with Crippen LogP contribution in [0.1, 0.15) is 21.5 Å². The van der Waals surface area contributed by atoms with E-state index in [1.165, 1.54) is 12.3 Å². The number of aromatic nitrogens is 1. The highest BCUT2D eigenvalue weighted by atomic mass is 16.6. The van der Waals surface area contributed by atoms with E-state index in [0.717, 1.165) is 0 Å². The lowest BCUT2D eigenvalue weighted by atomic mass is 9.93. The van der Waals surface area contributed by atoms with E-state index in [0.29, 0.717) is 16.8 Å². The Bertz CT molecular complexity index is 1110. The molecule has 1 aliphatic rings. The number of hydrogen-bond donors (Lipinski definition) is 0. The summed E-state index contributed by atoms with van der Waals surface area (Å²) in [6.45, 7) is 0. The van der Waals surface area contributed by atoms with Crippen molar-refractivity contribution in [3.05, 3.63) is 81.5 Å². The summed E-state index contributed by atoms with van der Waals surface area (Å²) in [5.41, 5.74) is 2.34. The van der Waals surface area contributed by atoms with Crippen molar-refractivity contribution in [3.63, 3.8) is 0 Å². The largest absolute Gasteiger partial charge is 0.288 e. The lowest BCUT2D eigenvalue weighted by Gasteiger charge is -2.10. The topological polar surface area (TPSA) is 96.9 Å². The predicted molar refractivity (Wildman–Crippen MR) is 89.9 cm³/mol. The molecule has 118 valence electrons. The van der Waals surface area contributed by atoms with Gasteiger partial charge in [0.05, 0.1) is 27.3 Å². The fourth-order valence-corrected chi connectivity index (χ4v) is 3.17. The first-order valence-corrected chi connectivity index (χ1v) is 7.44. The molecule has 0 saturated heterocycles. The average Bonchev–Trinajstić information content (AvgIpc) is 2.94. The molecule has 0 unspecified atom stereocenters. The van der Waals surface area contributed by atoms with Crippen LogP contribution in [0.4, 0.5) is 5.69 Å². The van der Waals surface area contributed by atoms with E-state index in [-0.39, 0.29) is 33.7 Å². The molecule has 0 atom stereocenters. The first kappa shape index (κ1) is 14.7. The van der Waals surface area contributed by atoms with Crippen LogP contribution in [0.25, 0.3) is 22.4 Å². The van der Waals surface area contributed by atoms with E-state index in [4.69, 9.17) is 0 Å². The number of hydrogen-bond acceptors (Lipinski definition) is 5. The van der Waals surface area contributed by atoms with Gasteiger partial charge in [-0.1, -0.05) is 36.4 Å². The molecule has 25 heavy (non-hydrogen) atoms. The van der Waals surface area contributed by atoms with Crippen molar-refractivity contribution in [1.29, 1.82) is 5.26 Å². The Balaban J connectivity index is 2.12. The van der Waals surface area contributed by atoms with E-state index in [9.17, 15) is 20.2 Å². The minimum Gasteiger partial charge on any atom is -0.288 e. The number of carbonyl (C=O) groups excluding carboxylic acids is 1. The fraction of sp³-hybridized carbons (Fsp3) is 0. The maximum Gasteiger partial charge on any atom is 0.277 e. The van der Waals surface area contributed by atoms with Gasteiger partial charge in [0.1, 0.15) is 6.07 Å². The number of carbonyl (C=O) groups is 1. The SMILES string of the molecule is N#Cc1cnc2c(c1-c1ccccc1[N+](=O)[O-])C(=O)c1ccccc1-2. The maximum atomic E-state index is 12.9. The lowest BCUT2D eigenvalue weighted by Crippen LogP contribution is -2.03. The highest BCUT2D eigenvalue weighted by Crippen LogP contribution is 2.43. The molecule has 1 aliphatic carbocycles. The highest BCUT2D eigenvalue weighted by Gasteiger charge is 2.34. The zero-order chi connectivity index (χ0) is 17.6. The molecule has 6 nitrogen and oxygen atoms in total. The molecule has 0 fully saturated rings. The Labute approximate surface area is 142 Å². The van der Waals surface area contributed by atoms with Crippen molar-refractivity contribution in [2.45, 2.75) is 0 Å². The van der Waals surface area contributed by atoms with Gasteiger partial charge >= 0.3 is 0 Å². The zero-order valence-electron chi connectivity index (χ0n) is 12.8. The Morgan fingerprint density at radius 3 is 2.28 bits per heavy atom. The quantitative estimate of drug-likeness (QED) is 0.412. The standard InChI is InChI=1S/C19H9N3O3/c20-9-11-10-21-18-12-5-1-2-6-13(12)19(23)17(18)16(11)14-7-3-4-8-15(14)22(24)25/h1-8,10H. The van der Waals surface area contributed by atoms with Crippen LogP contribution >= 0.6 is 0 Å². The smallest absolute Gasteiger partial charge is 0.277 e. The van der Waals surface area contributed by atoms with Crippen LogP contribution in [0.2, 0.25) is 0 Å². The van der Waals surface area contributed by atoms with Gasteiger partial charge in [-0.05, 0) is 6.07 Å². The maximum absolute atomic E-state index is 12.9. The number of nitriles is 1. The molecule has 0 spiro atoms. The van der Waals surface area contributed by atoms with Gasteiger partial charge in [0.15, 0.2) is 5.78 Å². The third-order valence-electron chi connectivity index (χ3n) is 4.22. The summed E-state index contributed by atoms with van der Waals surface area (Å²) in [5, 5.41) is 20.9. The molecule has 1 heterocycles. The Morgan fingerprint density at radius 2 is 1.60 bits per heavy atom. The minimum absolute atomic E-state index is 0.134. The summed E-state index contributed by atoms with van der Waals surface area (Å²) in [6, 6.07) is 15.1. The number of nitro groups is 1. The van der Waals surface area contributed by atoms with Gasteiger partial charge < -0.3 is 0 Å². The first-order chi connectivity index (χ1) is 12.1. The van der Waals surface area contributed by atoms with Crippen molar-refractivity contribution < 1.29 is 9.72 Å². The van der Waals surface area contributed by atoms with Crippen molar-refractivity contribution in [2.75, 3.05) is 0 Å². The Morgan fingerprint density at radius 1 is 0.960 bits per heavy atom. The number of rotatable bonds is 2. The molecule has 6 heteroatoms. The van der Waals surface area contributed by atoms with Crippen molar-refractivity contribution >= 4 is 11.5 Å². The monoisotopic (exact) mass is 327 g/mol. The van der Waals surface area contributed by atoms with Gasteiger partial charge in [-0.3, -0.25) is 19.9 Å². The van der Waals surface area contributed by atoms with Crippen LogP contribution in [0, 0.1) is 21.4 Å². The van der Waals surface area contributed by atoms with Gasteiger partial charge in [0.2, 0.25) is 0 Å². The van der Waals surface area contributed by atoms with Gasteiger partial charge in [0.25, 0.3) is 5.69 Å². The summed E-state index contributed by atoms with van der Waals surface area (Å²) in [7, 11) is 0. The van der Waals surface area contributed by atoms with Gasteiger partial charge in [-0.25, -0.2) is 0 Å². The molecule has 0 saturated carbocycles.